The van der Waals surface area contributed by atoms with Crippen molar-refractivity contribution in [2.45, 2.75) is 11.8 Å². The summed E-state index contributed by atoms with van der Waals surface area (Å²) in [6.07, 6.45) is 0. The van der Waals surface area contributed by atoms with Gasteiger partial charge in [0.15, 0.2) is 11.6 Å². The van der Waals surface area contributed by atoms with Gasteiger partial charge in [-0.15, -0.1) is 0 Å². The van der Waals surface area contributed by atoms with E-state index in [1.165, 1.54) is 26.4 Å². The predicted octanol–water partition coefficient (Wildman–Crippen LogP) is 5.75. The highest BCUT2D eigenvalue weighted by Crippen LogP contribution is 2.31. The number of anilines is 4. The average molecular weight is 570 g/mol. The molecule has 0 saturated carbocycles. The van der Waals surface area contributed by atoms with Crippen LogP contribution in [0.5, 0.6) is 11.5 Å². The van der Waals surface area contributed by atoms with Crippen LogP contribution in [0.1, 0.15) is 15.9 Å². The van der Waals surface area contributed by atoms with Gasteiger partial charge in [0.2, 0.25) is 0 Å². The number of para-hydroxylation sites is 2. The Labute approximate surface area is 237 Å². The molecule has 1 amide bonds. The van der Waals surface area contributed by atoms with E-state index < -0.39 is 10.0 Å². The van der Waals surface area contributed by atoms with Gasteiger partial charge in [-0.3, -0.25) is 9.52 Å². The standard InChI is InChI=1S/C30H27N5O5S/c1-19-11-13-20(14-12-19)30(36)32-21-7-6-8-25(17-21)41(37,38)35-29-28(33-26-9-4-5-10-27(26)34-29)31-22-15-23(39-2)18-24(16-22)40-3/h4-18H,1-3H3,(H,31,33)(H,32,36)(H,34,35). The summed E-state index contributed by atoms with van der Waals surface area (Å²) in [5.41, 5.74) is 3.42. The van der Waals surface area contributed by atoms with E-state index in [1.54, 1.807) is 60.7 Å². The quantitative estimate of drug-likeness (QED) is 0.204. The summed E-state index contributed by atoms with van der Waals surface area (Å²) in [5.74, 6) is 0.874. The van der Waals surface area contributed by atoms with E-state index in [0.29, 0.717) is 39.5 Å². The third-order valence-corrected chi connectivity index (χ3v) is 7.47. The Morgan fingerprint density at radius 2 is 1.37 bits per heavy atom. The molecule has 10 nitrogen and oxygen atoms in total. The first-order chi connectivity index (χ1) is 19.7. The van der Waals surface area contributed by atoms with Crippen molar-refractivity contribution in [3.63, 3.8) is 0 Å². The van der Waals surface area contributed by atoms with Crippen LogP contribution in [0.2, 0.25) is 0 Å². The van der Waals surface area contributed by atoms with Crippen molar-refractivity contribution in [2.24, 2.45) is 0 Å². The van der Waals surface area contributed by atoms with Gasteiger partial charge in [-0.2, -0.15) is 0 Å². The number of aryl methyl sites for hydroxylation is 1. The van der Waals surface area contributed by atoms with Gasteiger partial charge in [0.25, 0.3) is 15.9 Å². The Morgan fingerprint density at radius 1 is 0.732 bits per heavy atom. The zero-order valence-electron chi connectivity index (χ0n) is 22.5. The number of benzene rings is 4. The smallest absolute Gasteiger partial charge is 0.263 e. The Balaban J connectivity index is 1.46. The van der Waals surface area contributed by atoms with Crippen molar-refractivity contribution in [2.75, 3.05) is 29.6 Å². The lowest BCUT2D eigenvalue weighted by Gasteiger charge is -2.15. The molecule has 0 spiro atoms. The SMILES string of the molecule is COc1cc(Nc2nc3ccccc3nc2NS(=O)(=O)c2cccc(NC(=O)c3ccc(C)cc3)c2)cc(OC)c1. The van der Waals surface area contributed by atoms with Crippen molar-refractivity contribution in [1.29, 1.82) is 0 Å². The van der Waals surface area contributed by atoms with Crippen molar-refractivity contribution >= 4 is 50.0 Å². The summed E-state index contributed by atoms with van der Waals surface area (Å²) in [7, 11) is -1.08. The first kappa shape index (κ1) is 27.4. The van der Waals surface area contributed by atoms with E-state index >= 15 is 0 Å². The van der Waals surface area contributed by atoms with Gasteiger partial charge in [-0.25, -0.2) is 18.4 Å². The number of amides is 1. The molecule has 11 heteroatoms. The lowest BCUT2D eigenvalue weighted by molar-refractivity contribution is 0.102. The number of fused-ring (bicyclic) bond motifs is 1. The molecule has 5 rings (SSSR count). The minimum Gasteiger partial charge on any atom is -0.497 e. The molecular formula is C30H27N5O5S. The third-order valence-electron chi connectivity index (χ3n) is 6.13. The lowest BCUT2D eigenvalue weighted by atomic mass is 10.1. The number of carbonyl (C=O) groups is 1. The van der Waals surface area contributed by atoms with Crippen molar-refractivity contribution in [1.82, 2.24) is 9.97 Å². The van der Waals surface area contributed by atoms with Crippen molar-refractivity contribution in [3.8, 4) is 11.5 Å². The number of methoxy groups -OCH3 is 2. The first-order valence-corrected chi connectivity index (χ1v) is 14.0. The van der Waals surface area contributed by atoms with Gasteiger partial charge >= 0.3 is 0 Å². The normalized spacial score (nSPS) is 11.1. The van der Waals surface area contributed by atoms with Gasteiger partial charge < -0.3 is 20.1 Å². The molecule has 41 heavy (non-hydrogen) atoms. The molecule has 0 fully saturated rings. The minimum absolute atomic E-state index is 0.0143. The fourth-order valence-electron chi connectivity index (χ4n) is 4.01. The second kappa shape index (κ2) is 11.5. The Hall–Kier alpha value is -5.16. The van der Waals surface area contributed by atoms with Crippen LogP contribution in [-0.4, -0.2) is 38.5 Å². The maximum Gasteiger partial charge on any atom is 0.263 e. The van der Waals surface area contributed by atoms with Crippen LogP contribution >= 0.6 is 0 Å². The highest BCUT2D eigenvalue weighted by molar-refractivity contribution is 7.92. The summed E-state index contributed by atoms with van der Waals surface area (Å²) >= 11 is 0. The monoisotopic (exact) mass is 569 g/mol. The molecule has 4 aromatic carbocycles. The molecule has 0 unspecified atom stereocenters. The molecule has 0 saturated heterocycles. The number of sulfonamides is 1. The zero-order valence-corrected chi connectivity index (χ0v) is 23.3. The molecule has 1 aromatic heterocycles. The molecule has 0 bridgehead atoms. The number of rotatable bonds is 9. The number of hydrogen-bond donors (Lipinski definition) is 3. The van der Waals surface area contributed by atoms with Crippen molar-refractivity contribution in [3.05, 3.63) is 102 Å². The van der Waals surface area contributed by atoms with Crippen LogP contribution < -0.4 is 24.8 Å². The average Bonchev–Trinajstić information content (AvgIpc) is 2.97. The van der Waals surface area contributed by atoms with Crippen LogP contribution in [0, 0.1) is 6.92 Å². The van der Waals surface area contributed by atoms with Crippen LogP contribution in [-0.2, 0) is 10.0 Å². The largest absolute Gasteiger partial charge is 0.497 e. The minimum atomic E-state index is -4.14. The highest BCUT2D eigenvalue weighted by Gasteiger charge is 2.20. The zero-order chi connectivity index (χ0) is 29.0. The van der Waals surface area contributed by atoms with Crippen LogP contribution in [0.3, 0.4) is 0 Å². The summed E-state index contributed by atoms with van der Waals surface area (Å²) < 4.78 is 40.3. The molecule has 0 atom stereocenters. The van der Waals surface area contributed by atoms with Gasteiger partial charge in [-0.05, 0) is 49.4 Å². The number of nitrogens with zero attached hydrogens (tertiary/aromatic N) is 2. The third kappa shape index (κ3) is 6.36. The lowest BCUT2D eigenvalue weighted by Crippen LogP contribution is -2.17. The van der Waals surface area contributed by atoms with E-state index in [-0.39, 0.29) is 22.4 Å². The van der Waals surface area contributed by atoms with Gasteiger partial charge in [0, 0.05) is 35.1 Å². The number of hydrogen-bond acceptors (Lipinski definition) is 8. The van der Waals surface area contributed by atoms with Crippen molar-refractivity contribution < 1.29 is 22.7 Å². The summed E-state index contributed by atoms with van der Waals surface area (Å²) in [6.45, 7) is 1.93. The Bertz CT molecular complexity index is 1820. The molecule has 0 radical (unpaired) electrons. The Morgan fingerprint density at radius 3 is 2.00 bits per heavy atom. The molecule has 5 aromatic rings. The molecular weight excluding hydrogens is 542 g/mol. The van der Waals surface area contributed by atoms with Crippen LogP contribution in [0.25, 0.3) is 11.0 Å². The topological polar surface area (TPSA) is 132 Å². The molecule has 3 N–H and O–H groups in total. The van der Waals surface area contributed by atoms with Crippen LogP contribution in [0.15, 0.2) is 95.9 Å². The maximum atomic E-state index is 13.5. The van der Waals surface area contributed by atoms with E-state index in [1.807, 2.05) is 25.1 Å². The predicted molar refractivity (Wildman–Crippen MR) is 159 cm³/mol. The maximum absolute atomic E-state index is 13.5. The summed E-state index contributed by atoms with van der Waals surface area (Å²) in [4.78, 5) is 21.8. The Kier molecular flexibility index (Phi) is 7.70. The number of aromatic nitrogens is 2. The molecule has 1 heterocycles. The van der Waals surface area contributed by atoms with E-state index in [4.69, 9.17) is 9.47 Å². The second-order valence-corrected chi connectivity index (χ2v) is 10.8. The van der Waals surface area contributed by atoms with Gasteiger partial charge in [-0.1, -0.05) is 35.9 Å². The van der Waals surface area contributed by atoms with Crippen LogP contribution in [0.4, 0.5) is 23.0 Å². The van der Waals surface area contributed by atoms with E-state index in [9.17, 15) is 13.2 Å². The second-order valence-electron chi connectivity index (χ2n) is 9.09. The van der Waals surface area contributed by atoms with E-state index in [0.717, 1.165) is 5.56 Å². The van der Waals surface area contributed by atoms with E-state index in [2.05, 4.69) is 25.3 Å². The number of nitrogens with one attached hydrogen (secondary N) is 3. The number of carbonyl (C=O) groups excluding carboxylic acids is 1. The molecule has 0 aliphatic heterocycles. The first-order valence-electron chi connectivity index (χ1n) is 12.5. The van der Waals surface area contributed by atoms with Gasteiger partial charge in [0.05, 0.1) is 30.1 Å². The fourth-order valence-corrected chi connectivity index (χ4v) is 5.06. The summed E-state index contributed by atoms with van der Waals surface area (Å²) in [6, 6.07) is 25.3. The molecule has 0 aliphatic carbocycles. The highest BCUT2D eigenvalue weighted by atomic mass is 32.2. The fraction of sp³-hybridized carbons (Fsp3) is 0.100. The van der Waals surface area contributed by atoms with Gasteiger partial charge in [0.1, 0.15) is 11.5 Å². The molecule has 0 aliphatic rings. The number of ether oxygens (including phenoxy) is 2. The molecule has 208 valence electrons. The summed E-state index contributed by atoms with van der Waals surface area (Å²) in [5, 5.41) is 5.88.